The molecule has 440 valence electrons. The Balaban J connectivity index is 0.000000275. The Morgan fingerprint density at radius 1 is 0.622 bits per heavy atom. The van der Waals surface area contributed by atoms with E-state index < -0.39 is 10.1 Å². The van der Waals surface area contributed by atoms with Gasteiger partial charge < -0.3 is 60.1 Å². The lowest BCUT2D eigenvalue weighted by atomic mass is 9.87. The fraction of sp³-hybridized carbons (Fsp3) is 0.367. The second-order valence-corrected chi connectivity index (χ2v) is 22.9. The number of rotatable bonds is 20. The predicted octanol–water partition coefficient (Wildman–Crippen LogP) is 9.70. The predicted molar refractivity (Wildman–Crippen MR) is 335 cm³/mol. The Labute approximate surface area is 484 Å². The van der Waals surface area contributed by atoms with Crippen molar-refractivity contribution in [2.45, 2.75) is 46.0 Å². The molecule has 21 nitrogen and oxygen atoms in total. The van der Waals surface area contributed by atoms with Crippen LogP contribution in [-0.2, 0) is 30.5 Å². The molecule has 0 saturated carbocycles. The summed E-state index contributed by atoms with van der Waals surface area (Å²) in [5.74, 6) is 3.09. The molecule has 5 N–H and O–H groups in total. The van der Waals surface area contributed by atoms with Crippen molar-refractivity contribution >= 4 is 91.0 Å². The number of hydrogen-bond acceptors (Lipinski definition) is 18. The molecule has 2 aliphatic heterocycles. The topological polar surface area (TPSA) is 226 Å². The minimum atomic E-state index is -3.67. The molecule has 2 aromatic heterocycles. The van der Waals surface area contributed by atoms with Crippen molar-refractivity contribution in [3.63, 3.8) is 0 Å². The van der Waals surface area contributed by atoms with Crippen molar-refractivity contribution in [2.75, 3.05) is 143 Å². The maximum atomic E-state index is 12.3. The number of carbonyl (C=O) groups is 2. The van der Waals surface area contributed by atoms with E-state index in [9.17, 15) is 18.0 Å². The fourth-order valence-electron chi connectivity index (χ4n) is 9.27. The summed E-state index contributed by atoms with van der Waals surface area (Å²) in [5.41, 5.74) is 9.10. The normalized spacial score (nSPS) is 13.4. The molecule has 0 saturated heterocycles. The highest BCUT2D eigenvalue weighted by molar-refractivity contribution is 7.85. The Kier molecular flexibility index (Phi) is 22.0. The van der Waals surface area contributed by atoms with E-state index >= 15 is 0 Å². The molecule has 4 heterocycles. The van der Waals surface area contributed by atoms with E-state index in [1.165, 1.54) is 23.3 Å². The number of likely N-dealkylation sites (N-methyl/N-ethyl adjacent to an activating group) is 4. The number of fused-ring (bicyclic) bond motifs is 2. The van der Waals surface area contributed by atoms with Gasteiger partial charge in [0.05, 0.1) is 54.6 Å². The minimum Gasteiger partial charge on any atom is -0.494 e. The molecule has 0 radical (unpaired) electrons. The van der Waals surface area contributed by atoms with E-state index in [-0.39, 0.29) is 30.1 Å². The molecule has 22 heteroatoms. The summed E-state index contributed by atoms with van der Waals surface area (Å²) in [6, 6.07) is 28.2. The lowest BCUT2D eigenvalue weighted by molar-refractivity contribution is -0.112. The van der Waals surface area contributed by atoms with Gasteiger partial charge in [0.2, 0.25) is 23.7 Å². The van der Waals surface area contributed by atoms with Crippen molar-refractivity contribution in [1.82, 2.24) is 29.7 Å². The van der Waals surface area contributed by atoms with Gasteiger partial charge >= 0.3 is 0 Å². The number of anilines is 12. The van der Waals surface area contributed by atoms with Crippen LogP contribution in [-0.4, -0.2) is 157 Å². The third-order valence-electron chi connectivity index (χ3n) is 13.4. The number of aromatic nitrogens is 4. The maximum absolute atomic E-state index is 12.3. The number of carbonyl (C=O) groups excluding carboxylic acids is 2. The van der Waals surface area contributed by atoms with Crippen LogP contribution in [0.4, 0.5) is 69.0 Å². The number of hydrogen-bond donors (Lipinski definition) is 5. The van der Waals surface area contributed by atoms with Crippen molar-refractivity contribution in [3.05, 3.63) is 134 Å². The summed E-state index contributed by atoms with van der Waals surface area (Å²) in [4.78, 5) is 55.9. The summed E-state index contributed by atoms with van der Waals surface area (Å²) >= 11 is 0. The first-order valence-electron chi connectivity index (χ1n) is 26.1. The molecule has 82 heavy (non-hydrogen) atoms. The van der Waals surface area contributed by atoms with Crippen LogP contribution in [0.15, 0.2) is 123 Å². The zero-order chi connectivity index (χ0) is 59.4. The molecule has 2 aliphatic rings. The Morgan fingerprint density at radius 2 is 0.976 bits per heavy atom. The van der Waals surface area contributed by atoms with Gasteiger partial charge in [-0.25, -0.2) is 9.97 Å². The van der Waals surface area contributed by atoms with E-state index in [2.05, 4.69) is 150 Å². The van der Waals surface area contributed by atoms with Crippen LogP contribution in [0.1, 0.15) is 46.2 Å². The molecule has 0 spiro atoms. The van der Waals surface area contributed by atoms with Crippen LogP contribution in [0.2, 0.25) is 0 Å². The number of amides is 2. The summed E-state index contributed by atoms with van der Waals surface area (Å²) in [6.45, 7) is 21.0. The third-order valence-corrected chi connectivity index (χ3v) is 13.4. The van der Waals surface area contributed by atoms with Gasteiger partial charge in [0.25, 0.3) is 10.1 Å². The van der Waals surface area contributed by atoms with Crippen molar-refractivity contribution in [1.29, 1.82) is 0 Å². The molecule has 0 bridgehead atoms. The first-order valence-corrected chi connectivity index (χ1v) is 28.0. The highest BCUT2D eigenvalue weighted by atomic mass is 32.2. The van der Waals surface area contributed by atoms with Gasteiger partial charge in [-0.15, -0.1) is 0 Å². The number of ether oxygens (including phenoxy) is 2. The molecule has 0 fully saturated rings. The van der Waals surface area contributed by atoms with Gasteiger partial charge in [-0.05, 0) is 87.9 Å². The van der Waals surface area contributed by atoms with Crippen LogP contribution >= 0.6 is 0 Å². The molecule has 4 aromatic carbocycles. The molecule has 0 unspecified atom stereocenters. The number of benzene rings is 4. The van der Waals surface area contributed by atoms with Gasteiger partial charge in [0.1, 0.15) is 23.1 Å². The Bertz CT molecular complexity index is 3110. The van der Waals surface area contributed by atoms with E-state index in [0.29, 0.717) is 52.4 Å². The van der Waals surface area contributed by atoms with Gasteiger partial charge in [-0.3, -0.25) is 14.1 Å². The number of nitrogens with zero attached hydrogens (tertiary/aromatic N) is 10. The molecule has 0 aliphatic carbocycles. The molecular weight excluding hydrogens is 1060 g/mol. The van der Waals surface area contributed by atoms with Crippen molar-refractivity contribution in [3.8, 4) is 11.5 Å². The zero-order valence-electron chi connectivity index (χ0n) is 48.8. The highest BCUT2D eigenvalue weighted by Gasteiger charge is 2.37. The average Bonchev–Trinajstić information content (AvgIpc) is 4.13. The lowest BCUT2D eigenvalue weighted by Gasteiger charge is -2.26. The van der Waals surface area contributed by atoms with Crippen molar-refractivity contribution in [2.24, 2.45) is 0 Å². The molecule has 0 atom stereocenters. The standard InChI is InChI=1S/2C29H37N7O2.CH4O3S.CH4/c2*1-8-27(37)31-21-17-22(25(38-7)18-24(21)35(6)16-15-34(4)5)32-28-30-14-13-26(33-28)36-19-29(2,3)20-11-9-10-12-23(20)36;1-5(2,3)4;/h2*8-14,17-18H,1,15-16,19H2,2-7H3,(H,31,37)(H,30,32,33);1H3,(H,2,3,4);1H4. The van der Waals surface area contributed by atoms with E-state index in [0.717, 1.165) is 73.7 Å². The first kappa shape index (κ1) is 64.5. The largest absolute Gasteiger partial charge is 0.494 e. The number of nitrogens with one attached hydrogen (secondary N) is 4. The van der Waals surface area contributed by atoms with E-state index in [4.69, 9.17) is 24.0 Å². The van der Waals surface area contributed by atoms with Crippen LogP contribution in [0, 0.1) is 0 Å². The minimum absolute atomic E-state index is 0. The summed E-state index contributed by atoms with van der Waals surface area (Å²) in [5, 5.41) is 12.5. The fourth-order valence-corrected chi connectivity index (χ4v) is 9.27. The first-order chi connectivity index (χ1) is 38.2. The third kappa shape index (κ3) is 16.9. The highest BCUT2D eigenvalue weighted by Crippen LogP contribution is 2.46. The molecule has 2 amide bonds. The molecule has 8 rings (SSSR count). The lowest BCUT2D eigenvalue weighted by Crippen LogP contribution is -2.29. The monoisotopic (exact) mass is 1140 g/mol. The quantitative estimate of drug-likeness (QED) is 0.0354. The zero-order valence-corrected chi connectivity index (χ0v) is 49.6. The van der Waals surface area contributed by atoms with Crippen LogP contribution in [0.5, 0.6) is 11.5 Å². The van der Waals surface area contributed by atoms with Gasteiger partial charge in [0.15, 0.2) is 0 Å². The maximum Gasteiger partial charge on any atom is 0.261 e. The van der Waals surface area contributed by atoms with Gasteiger partial charge in [0, 0.05) is 100 Å². The smallest absolute Gasteiger partial charge is 0.261 e. The Hall–Kier alpha value is -8.31. The second-order valence-electron chi connectivity index (χ2n) is 21.4. The van der Waals surface area contributed by atoms with Gasteiger partial charge in [-0.2, -0.15) is 18.4 Å². The van der Waals surface area contributed by atoms with Crippen LogP contribution in [0.3, 0.4) is 0 Å². The van der Waals surface area contributed by atoms with Gasteiger partial charge in [-0.1, -0.05) is 84.7 Å². The van der Waals surface area contributed by atoms with Crippen LogP contribution in [0.25, 0.3) is 0 Å². The van der Waals surface area contributed by atoms with Crippen molar-refractivity contribution < 1.29 is 32.0 Å². The summed E-state index contributed by atoms with van der Waals surface area (Å²) in [7, 11) is 11.6. The SMILES string of the molecule is C.C=CC(=O)Nc1cc(Nc2nccc(N3CC(C)(C)c4ccccc43)n2)c(OC)cc1N(C)CCN(C)C.C=CC(=O)Nc1cc(Nc2nccc(N3CC(C)(C)c4ccccc43)n2)c(OC)cc1N(C)CCN(C)C.CS(=O)(=O)O. The van der Waals surface area contributed by atoms with E-state index in [1.807, 2.05) is 78.7 Å². The molecular formula is C60H82N14O7S. The number of methoxy groups -OCH3 is 2. The van der Waals surface area contributed by atoms with E-state index in [1.54, 1.807) is 26.6 Å². The van der Waals surface area contributed by atoms with Crippen LogP contribution < -0.4 is 50.3 Å². The summed E-state index contributed by atoms with van der Waals surface area (Å²) in [6.07, 6.45) is 6.71. The molecule has 6 aromatic rings. The second kappa shape index (κ2) is 27.9. The summed E-state index contributed by atoms with van der Waals surface area (Å²) < 4.78 is 37.3. The average molecular weight is 1140 g/mol. The Morgan fingerprint density at radius 3 is 1.30 bits per heavy atom. The number of para-hydroxylation sites is 2.